The summed E-state index contributed by atoms with van der Waals surface area (Å²) in [5.74, 6) is 0.204. The number of halogens is 1. The Balaban J connectivity index is 0.00000243. The van der Waals surface area contributed by atoms with E-state index in [-0.39, 0.29) is 24.2 Å². The van der Waals surface area contributed by atoms with Crippen LogP contribution in [0.2, 0.25) is 0 Å². The van der Waals surface area contributed by atoms with Crippen LogP contribution in [0.3, 0.4) is 0 Å². The topological polar surface area (TPSA) is 64.7 Å². The summed E-state index contributed by atoms with van der Waals surface area (Å²) in [5, 5.41) is 6.33. The molecule has 0 saturated carbocycles. The fourth-order valence-corrected chi connectivity index (χ4v) is 3.39. The van der Waals surface area contributed by atoms with Gasteiger partial charge in [0.05, 0.1) is 0 Å². The van der Waals surface area contributed by atoms with E-state index < -0.39 is 0 Å². The highest BCUT2D eigenvalue weighted by Crippen LogP contribution is 2.14. The predicted molar refractivity (Wildman–Crippen MR) is 105 cm³/mol. The molecular formula is C19H29ClN4O2. The molecule has 0 bridgehead atoms. The van der Waals surface area contributed by atoms with Crippen molar-refractivity contribution in [1.82, 2.24) is 20.4 Å². The number of hydrogen-bond acceptors (Lipinski definition) is 4. The Bertz CT molecular complexity index is 588. The summed E-state index contributed by atoms with van der Waals surface area (Å²) in [6.45, 7) is 7.52. The Hall–Kier alpha value is -1.63. The molecule has 2 heterocycles. The summed E-state index contributed by atoms with van der Waals surface area (Å²) in [6, 6.07) is 7.59. The molecule has 3 rings (SSSR count). The van der Waals surface area contributed by atoms with Gasteiger partial charge in [-0.2, -0.15) is 0 Å². The molecule has 6 nitrogen and oxygen atoms in total. The summed E-state index contributed by atoms with van der Waals surface area (Å²) in [4.78, 5) is 28.2. The standard InChI is InChI=1S/C19H28N4O2.ClH/c24-18-3-1-12-23(18)15-16-4-6-17(7-5-16)19(25)21-8-2-11-22-13-9-20-10-14-22;/h4-7,20H,1-3,8-15H2,(H,21,25);1H. The van der Waals surface area contributed by atoms with Gasteiger partial charge in [0.25, 0.3) is 5.91 Å². The third-order valence-corrected chi connectivity index (χ3v) is 4.91. The van der Waals surface area contributed by atoms with Gasteiger partial charge in [-0.15, -0.1) is 12.4 Å². The van der Waals surface area contributed by atoms with Crippen molar-refractivity contribution < 1.29 is 9.59 Å². The molecule has 144 valence electrons. The summed E-state index contributed by atoms with van der Waals surface area (Å²) >= 11 is 0. The van der Waals surface area contributed by atoms with Crippen molar-refractivity contribution in [2.75, 3.05) is 45.8 Å². The molecule has 1 aromatic carbocycles. The smallest absolute Gasteiger partial charge is 0.251 e. The molecule has 2 amide bonds. The molecule has 0 atom stereocenters. The summed E-state index contributed by atoms with van der Waals surface area (Å²) in [5.41, 5.74) is 1.75. The largest absolute Gasteiger partial charge is 0.352 e. The molecule has 2 N–H and O–H groups in total. The highest BCUT2D eigenvalue weighted by atomic mass is 35.5. The highest BCUT2D eigenvalue weighted by molar-refractivity contribution is 5.94. The molecule has 1 aromatic rings. The van der Waals surface area contributed by atoms with E-state index >= 15 is 0 Å². The number of nitrogens with one attached hydrogen (secondary N) is 2. The maximum atomic E-state index is 12.2. The van der Waals surface area contributed by atoms with E-state index in [9.17, 15) is 9.59 Å². The Morgan fingerprint density at radius 3 is 2.50 bits per heavy atom. The SMILES string of the molecule is Cl.O=C(NCCCN1CCNCC1)c1ccc(CN2CCCC2=O)cc1. The molecule has 26 heavy (non-hydrogen) atoms. The molecule has 2 aliphatic rings. The number of likely N-dealkylation sites (tertiary alicyclic amines) is 1. The lowest BCUT2D eigenvalue weighted by Crippen LogP contribution is -2.44. The lowest BCUT2D eigenvalue weighted by atomic mass is 10.1. The average molecular weight is 381 g/mol. The molecule has 2 fully saturated rings. The van der Waals surface area contributed by atoms with Gasteiger partial charge in [0.2, 0.25) is 5.91 Å². The minimum absolute atomic E-state index is 0. The quantitative estimate of drug-likeness (QED) is 0.699. The molecular weight excluding hydrogens is 352 g/mol. The minimum Gasteiger partial charge on any atom is -0.352 e. The molecule has 7 heteroatoms. The van der Waals surface area contributed by atoms with E-state index in [0.717, 1.165) is 57.7 Å². The fraction of sp³-hybridized carbons (Fsp3) is 0.579. The van der Waals surface area contributed by atoms with E-state index in [1.54, 1.807) is 0 Å². The van der Waals surface area contributed by atoms with Gasteiger partial charge in [-0.05, 0) is 37.1 Å². The zero-order chi connectivity index (χ0) is 17.5. The van der Waals surface area contributed by atoms with Crippen molar-refractivity contribution in [1.29, 1.82) is 0 Å². The number of hydrogen-bond donors (Lipinski definition) is 2. The highest BCUT2D eigenvalue weighted by Gasteiger charge is 2.20. The van der Waals surface area contributed by atoms with Crippen LogP contribution >= 0.6 is 12.4 Å². The van der Waals surface area contributed by atoms with Crippen molar-refractivity contribution in [2.45, 2.75) is 25.8 Å². The van der Waals surface area contributed by atoms with Crippen LogP contribution in [0.4, 0.5) is 0 Å². The second-order valence-electron chi connectivity index (χ2n) is 6.82. The summed E-state index contributed by atoms with van der Waals surface area (Å²) in [6.07, 6.45) is 2.59. The van der Waals surface area contributed by atoms with Crippen molar-refractivity contribution in [3.05, 3.63) is 35.4 Å². The normalized spacial score (nSPS) is 17.8. The van der Waals surface area contributed by atoms with E-state index in [0.29, 0.717) is 25.1 Å². The molecule has 0 aliphatic carbocycles. The van der Waals surface area contributed by atoms with Gasteiger partial charge in [0.15, 0.2) is 0 Å². The third kappa shape index (κ3) is 5.97. The third-order valence-electron chi connectivity index (χ3n) is 4.91. The van der Waals surface area contributed by atoms with Gasteiger partial charge in [-0.3, -0.25) is 9.59 Å². The predicted octanol–water partition coefficient (Wildman–Crippen LogP) is 1.26. The second kappa shape index (κ2) is 10.5. The minimum atomic E-state index is -0.0240. The number of amides is 2. The summed E-state index contributed by atoms with van der Waals surface area (Å²) in [7, 11) is 0. The molecule has 0 unspecified atom stereocenters. The van der Waals surface area contributed by atoms with Crippen LogP contribution < -0.4 is 10.6 Å². The molecule has 2 aliphatic heterocycles. The van der Waals surface area contributed by atoms with Crippen LogP contribution in [0, 0.1) is 0 Å². The lowest BCUT2D eigenvalue weighted by molar-refractivity contribution is -0.128. The first kappa shape index (κ1) is 20.7. The molecule has 0 aromatic heterocycles. The van der Waals surface area contributed by atoms with Gasteiger partial charge in [-0.1, -0.05) is 12.1 Å². The molecule has 0 radical (unpaired) electrons. The van der Waals surface area contributed by atoms with Crippen LogP contribution in [0.15, 0.2) is 24.3 Å². The monoisotopic (exact) mass is 380 g/mol. The number of benzene rings is 1. The maximum absolute atomic E-state index is 12.2. The Kier molecular flexibility index (Phi) is 8.35. The fourth-order valence-electron chi connectivity index (χ4n) is 3.39. The first-order valence-corrected chi connectivity index (χ1v) is 9.30. The number of carbonyl (C=O) groups is 2. The average Bonchev–Trinajstić information content (AvgIpc) is 3.05. The molecule has 0 spiro atoms. The van der Waals surface area contributed by atoms with Crippen LogP contribution in [-0.4, -0.2) is 67.4 Å². The van der Waals surface area contributed by atoms with Crippen molar-refractivity contribution in [3.63, 3.8) is 0 Å². The van der Waals surface area contributed by atoms with E-state index in [1.165, 1.54) is 0 Å². The van der Waals surface area contributed by atoms with Crippen LogP contribution in [0.25, 0.3) is 0 Å². The Morgan fingerprint density at radius 2 is 1.85 bits per heavy atom. The van der Waals surface area contributed by atoms with E-state index in [2.05, 4.69) is 15.5 Å². The second-order valence-corrected chi connectivity index (χ2v) is 6.82. The van der Waals surface area contributed by atoms with Crippen LogP contribution in [-0.2, 0) is 11.3 Å². The van der Waals surface area contributed by atoms with E-state index in [4.69, 9.17) is 0 Å². The Labute approximate surface area is 161 Å². The number of rotatable bonds is 7. The van der Waals surface area contributed by atoms with Crippen molar-refractivity contribution in [2.24, 2.45) is 0 Å². The Morgan fingerprint density at radius 1 is 1.12 bits per heavy atom. The number of nitrogens with zero attached hydrogens (tertiary/aromatic N) is 2. The lowest BCUT2D eigenvalue weighted by Gasteiger charge is -2.27. The van der Waals surface area contributed by atoms with Crippen LogP contribution in [0.5, 0.6) is 0 Å². The number of carbonyl (C=O) groups excluding carboxylic acids is 2. The van der Waals surface area contributed by atoms with E-state index in [1.807, 2.05) is 29.2 Å². The summed E-state index contributed by atoms with van der Waals surface area (Å²) < 4.78 is 0. The maximum Gasteiger partial charge on any atom is 0.251 e. The zero-order valence-electron chi connectivity index (χ0n) is 15.2. The number of piperazine rings is 1. The van der Waals surface area contributed by atoms with Gasteiger partial charge in [0.1, 0.15) is 0 Å². The van der Waals surface area contributed by atoms with Gasteiger partial charge >= 0.3 is 0 Å². The van der Waals surface area contributed by atoms with Gasteiger partial charge in [-0.25, -0.2) is 0 Å². The van der Waals surface area contributed by atoms with Crippen molar-refractivity contribution in [3.8, 4) is 0 Å². The first-order chi connectivity index (χ1) is 12.2. The van der Waals surface area contributed by atoms with Crippen molar-refractivity contribution >= 4 is 24.2 Å². The van der Waals surface area contributed by atoms with Gasteiger partial charge < -0.3 is 20.4 Å². The van der Waals surface area contributed by atoms with Gasteiger partial charge in [0, 0.05) is 57.8 Å². The molecule has 2 saturated heterocycles. The zero-order valence-corrected chi connectivity index (χ0v) is 16.0. The van der Waals surface area contributed by atoms with Crippen LogP contribution in [0.1, 0.15) is 35.2 Å². The first-order valence-electron chi connectivity index (χ1n) is 9.30.